The third-order valence-electron chi connectivity index (χ3n) is 21.6. The summed E-state index contributed by atoms with van der Waals surface area (Å²) in [5.41, 5.74) is 38.7. The lowest BCUT2D eigenvalue weighted by Gasteiger charge is -2.30. The molecule has 0 atom stereocenters. The standard InChI is InChI=1S/C12H10F3N3OS.C11H13ClO.C11H9F3N2O3.C11H11F3N2O.C11H13N3S.C10H9NO3.C10H11NO2.C10H10O.C6H7N/c13-12(14,15)10(19)18-3-1-2-6-4-7-9(5-8(6)18)20-11(16)17-7;12-8-4-7-11(13)9-10-5-2-1-3-6-10;12-11(13,14)10(17)15-5-1-2-7-6-8(16(18)19)3-4-9(7)15;12-11(13,14)10(17)16-5-1-2-7-6-8(15)3-4-9(7)16;1-14-6-2-3-7-9(14)5-4-8-10(7)15-11(12)13-8;12-10-4-2-7-5-9(11(13)14)3-1-8(7)6-10;12-11(13)10-6-5-8-3-1-2-4-9(8)7-10;11-10-6-5-8-3-1-2-4-9(8)7-10;7-6-4-2-1-3-5-6/h4-5H,1-3H2,(H2,16,17);1-3,5-6H,4,7-9H2;3-4,6H,1-2,5H2;3-4,6H,1-2,5,15H2;4-5H,2-3,6H2,1H3,(H2,12,13);1,3,5H,2,4,6H2;5-7H,1-4H2;1-4H,5-7H2;1-5H,7H2. The van der Waals surface area contributed by atoms with Crippen molar-refractivity contribution in [2.75, 3.05) is 81.6 Å². The number of carbonyl (C=O) groups is 6. The Morgan fingerprint density at radius 1 is 0.419 bits per heavy atom. The van der Waals surface area contributed by atoms with Gasteiger partial charge in [-0.25, -0.2) is 9.97 Å². The zero-order chi connectivity index (χ0) is 93.4. The van der Waals surface area contributed by atoms with Gasteiger partial charge in [0.25, 0.3) is 17.1 Å². The highest BCUT2D eigenvalue weighted by atomic mass is 35.5. The van der Waals surface area contributed by atoms with Gasteiger partial charge in [-0.15, -0.1) is 11.6 Å². The lowest BCUT2D eigenvalue weighted by Crippen LogP contribution is -2.43. The summed E-state index contributed by atoms with van der Waals surface area (Å²) < 4.78 is 114. The van der Waals surface area contributed by atoms with E-state index in [1.54, 1.807) is 53.8 Å². The minimum atomic E-state index is -4.95. The molecule has 37 heteroatoms. The van der Waals surface area contributed by atoms with Gasteiger partial charge >= 0.3 is 36.3 Å². The van der Waals surface area contributed by atoms with Crippen LogP contribution in [-0.2, 0) is 99.4 Å². The fourth-order valence-electron chi connectivity index (χ4n) is 15.4. The Morgan fingerprint density at radius 3 is 1.37 bits per heavy atom. The molecule has 18 rings (SSSR count). The fraction of sp³-hybridized carbons (Fsp3) is 0.326. The van der Waals surface area contributed by atoms with E-state index in [0.29, 0.717) is 148 Å². The van der Waals surface area contributed by atoms with Crippen LogP contribution in [0.1, 0.15) is 125 Å². The molecule has 129 heavy (non-hydrogen) atoms. The molecule has 2 aromatic heterocycles. The van der Waals surface area contributed by atoms with Gasteiger partial charge in [0, 0.05) is 148 Å². The minimum Gasteiger partial charge on any atom is -0.399 e. The number of aromatic nitrogens is 2. The second kappa shape index (κ2) is 45.1. The number of hydrogen-bond donors (Lipinski definition) is 4. The van der Waals surface area contributed by atoms with Crippen LogP contribution < -0.4 is 42.5 Å². The summed E-state index contributed by atoms with van der Waals surface area (Å²) in [4.78, 5) is 111. The zero-order valence-electron chi connectivity index (χ0n) is 70.0. The lowest BCUT2D eigenvalue weighted by atomic mass is 9.90. The quantitative estimate of drug-likeness (QED) is 0.0361. The van der Waals surface area contributed by atoms with Crippen molar-refractivity contribution in [1.82, 2.24) is 9.97 Å². The first-order valence-corrected chi connectivity index (χ1v) is 43.4. The number of hydrogen-bond acceptors (Lipinski definition) is 21. The van der Waals surface area contributed by atoms with Gasteiger partial charge in [-0.3, -0.25) is 59.1 Å². The Balaban J connectivity index is 0.000000153. The van der Waals surface area contributed by atoms with E-state index in [9.17, 15) is 98.6 Å². The molecule has 0 saturated heterocycles. The first-order chi connectivity index (χ1) is 61.3. The van der Waals surface area contributed by atoms with Crippen molar-refractivity contribution in [3.05, 3.63) is 274 Å². The van der Waals surface area contributed by atoms with Gasteiger partial charge in [0.15, 0.2) is 10.3 Å². The molecule has 0 fully saturated rings. The van der Waals surface area contributed by atoms with Crippen LogP contribution in [0.4, 0.5) is 101 Å². The van der Waals surface area contributed by atoms with Crippen molar-refractivity contribution in [2.24, 2.45) is 0 Å². The number of nitrogen functional groups attached to an aromatic ring is 4. The monoisotopic (exact) mass is 1840 g/mol. The Morgan fingerprint density at radius 2 is 0.837 bits per heavy atom. The van der Waals surface area contributed by atoms with Crippen LogP contribution in [0.5, 0.6) is 0 Å². The van der Waals surface area contributed by atoms with E-state index in [1.807, 2.05) is 84.9 Å². The predicted molar refractivity (Wildman–Crippen MR) is 483 cm³/mol. The highest BCUT2D eigenvalue weighted by molar-refractivity contribution is 7.22. The SMILES string of the molecule is CN1CCCc2c1ccc1nc(N)sc21.Nc1ccc2c(c1)CCCN2C(=O)C(F)(F)F.Nc1ccccc1.Nc1nc2cc3c(cc2s1)N(C(=O)C(F)(F)F)CCC3.O=C(CCCCl)Cc1ccccc1.O=C(N1CCCc2cc([N+](=O)[O-])ccc21)C(F)(F)F.O=C1CCc2cc([N+](=O)[O-])ccc2C1.O=C1CCc2ccccc2C1.O=[N+]([O-])c1ccc2c(c1)CCCC2. The number of halogens is 10. The Hall–Kier alpha value is -13.0. The van der Waals surface area contributed by atoms with Crippen LogP contribution >= 0.6 is 34.3 Å². The van der Waals surface area contributed by atoms with Crippen molar-refractivity contribution in [1.29, 1.82) is 0 Å². The maximum atomic E-state index is 12.6. The average Bonchev–Trinajstić information content (AvgIpc) is 1.59. The number of ketones is 3. The summed E-state index contributed by atoms with van der Waals surface area (Å²) in [6, 6.07) is 53.0. The number of amides is 3. The summed E-state index contributed by atoms with van der Waals surface area (Å²) in [7, 11) is 2.15. The number of rotatable bonds is 8. The highest BCUT2D eigenvalue weighted by Crippen LogP contribution is 2.41. The topological polar surface area (TPSA) is 375 Å². The largest absolute Gasteiger partial charge is 0.471 e. The molecule has 0 spiro atoms. The van der Waals surface area contributed by atoms with E-state index >= 15 is 0 Å². The van der Waals surface area contributed by atoms with Crippen molar-refractivity contribution in [3.8, 4) is 0 Å². The molecule has 4 aliphatic heterocycles. The predicted octanol–water partition coefficient (Wildman–Crippen LogP) is 19.5. The van der Waals surface area contributed by atoms with Gasteiger partial charge in [-0.2, -0.15) is 39.5 Å². The van der Waals surface area contributed by atoms with Crippen LogP contribution in [0.15, 0.2) is 182 Å². The molecule has 0 bridgehead atoms. The molecule has 0 radical (unpaired) electrons. The molecule has 9 aromatic carbocycles. The number of Topliss-reactive ketones (excluding diaryl/α,β-unsaturated/α-hetero) is 3. The number of alkyl halides is 10. The molecule has 3 amide bonds. The summed E-state index contributed by atoms with van der Waals surface area (Å²) in [5.74, 6) is -4.15. The molecule has 0 unspecified atom stereocenters. The number of carbonyl (C=O) groups excluding carboxylic acids is 6. The third kappa shape index (κ3) is 27.8. The van der Waals surface area contributed by atoms with Gasteiger partial charge in [-0.1, -0.05) is 108 Å². The first-order valence-electron chi connectivity index (χ1n) is 41.3. The molecule has 7 aliphatic rings. The Bertz CT molecular complexity index is 5870. The smallest absolute Gasteiger partial charge is 0.399 e. The molecule has 680 valence electrons. The van der Waals surface area contributed by atoms with E-state index in [4.69, 9.17) is 34.5 Å². The molecule has 8 N–H and O–H groups in total. The van der Waals surface area contributed by atoms with Crippen molar-refractivity contribution in [3.63, 3.8) is 0 Å². The Kier molecular flexibility index (Phi) is 34.4. The molecular formula is C92H93ClF9N13O12S2. The van der Waals surface area contributed by atoms with Crippen molar-refractivity contribution >= 4 is 151 Å². The molecular weight excluding hydrogens is 1750 g/mol. The number of benzene rings is 9. The number of fused-ring (bicyclic) bond motifs is 10. The number of nitro benzene ring substituents is 3. The summed E-state index contributed by atoms with van der Waals surface area (Å²) >= 11 is 8.30. The number of nitro groups is 3. The molecule has 11 aromatic rings. The van der Waals surface area contributed by atoms with Gasteiger partial charge in [0.1, 0.15) is 17.3 Å². The normalized spacial score (nSPS) is 14.5. The zero-order valence-corrected chi connectivity index (χ0v) is 72.4. The highest BCUT2D eigenvalue weighted by Gasteiger charge is 2.47. The van der Waals surface area contributed by atoms with E-state index in [-0.39, 0.29) is 58.9 Å². The molecule has 6 heterocycles. The number of para-hydroxylation sites is 1. The van der Waals surface area contributed by atoms with E-state index < -0.39 is 46.1 Å². The third-order valence-corrected chi connectivity index (χ3v) is 23.7. The number of anilines is 8. The van der Waals surface area contributed by atoms with E-state index in [2.05, 4.69) is 40.1 Å². The van der Waals surface area contributed by atoms with Gasteiger partial charge in [0.2, 0.25) is 0 Å². The second-order valence-electron chi connectivity index (χ2n) is 30.9. The number of nitrogens with zero attached hydrogens (tertiary/aromatic N) is 9. The maximum Gasteiger partial charge on any atom is 0.471 e. The molecule has 0 saturated carbocycles. The van der Waals surface area contributed by atoms with Crippen LogP contribution in [-0.4, -0.2) is 117 Å². The van der Waals surface area contributed by atoms with E-state index in [0.717, 1.165) is 95.3 Å². The number of thiazole rings is 2. The fourth-order valence-corrected chi connectivity index (χ4v) is 17.2. The van der Waals surface area contributed by atoms with Crippen LogP contribution in [0.2, 0.25) is 0 Å². The Labute approximate surface area is 748 Å². The summed E-state index contributed by atoms with van der Waals surface area (Å²) in [6.07, 6.45) is 1.02. The average molecular weight is 1840 g/mol. The van der Waals surface area contributed by atoms with E-state index in [1.165, 1.54) is 92.7 Å². The summed E-state index contributed by atoms with van der Waals surface area (Å²) in [6.45, 7) is 1.27. The van der Waals surface area contributed by atoms with Gasteiger partial charge < -0.3 is 42.5 Å². The number of nitrogens with two attached hydrogens (primary N) is 4. The summed E-state index contributed by atoms with van der Waals surface area (Å²) in [5, 5.41) is 32.6. The minimum absolute atomic E-state index is 0.0385. The van der Waals surface area contributed by atoms with Crippen LogP contribution in [0, 0.1) is 30.3 Å². The molecule has 25 nitrogen and oxygen atoms in total. The van der Waals surface area contributed by atoms with Crippen LogP contribution in [0.3, 0.4) is 0 Å². The molecule has 3 aliphatic carbocycles. The first kappa shape index (κ1) is 98.2. The number of non-ortho nitro benzene ring substituents is 3. The lowest BCUT2D eigenvalue weighted by molar-refractivity contribution is -0.385. The van der Waals surface area contributed by atoms with Gasteiger partial charge in [0.05, 0.1) is 35.2 Å². The van der Waals surface area contributed by atoms with Crippen molar-refractivity contribution in [2.45, 2.75) is 153 Å². The number of aryl methyl sites for hydroxylation is 8. The van der Waals surface area contributed by atoms with Gasteiger partial charge in [-0.05, 0) is 218 Å². The maximum absolute atomic E-state index is 12.6. The van der Waals surface area contributed by atoms with Crippen molar-refractivity contribution < 1.29 is 83.1 Å². The second-order valence-corrected chi connectivity index (χ2v) is 33.3. The van der Waals surface area contributed by atoms with Crippen LogP contribution in [0.25, 0.3) is 20.4 Å².